The Morgan fingerprint density at radius 1 is 0.952 bits per heavy atom. The highest BCUT2D eigenvalue weighted by Crippen LogP contribution is 2.48. The Bertz CT molecular complexity index is 763. The Morgan fingerprint density at radius 3 is 2.43 bits per heavy atom. The number of ether oxygens (including phenoxy) is 1. The largest absolute Gasteiger partial charge is 0.372 e. The van der Waals surface area contributed by atoms with Crippen LogP contribution in [0.4, 0.5) is 13.2 Å². The average molecular weight is 288 g/mol. The minimum absolute atomic E-state index is 0.0209. The number of rotatable bonds is 2. The van der Waals surface area contributed by atoms with Crippen LogP contribution in [0.5, 0.6) is 0 Å². The standard InChI is InChI=1S/C17H11F3O/c18-13-7-15(20)14(19)6-11(13)12-5-9-3-1-2-4-10(9)17(12)16-8-21-16/h1-7,16-17H,8H2/t16-,17?/m1/s1. The summed E-state index contributed by atoms with van der Waals surface area (Å²) >= 11 is 0. The first-order valence-electron chi connectivity index (χ1n) is 6.72. The molecule has 1 heterocycles. The summed E-state index contributed by atoms with van der Waals surface area (Å²) < 4.78 is 46.0. The molecule has 0 amide bonds. The highest BCUT2D eigenvalue weighted by Gasteiger charge is 2.41. The smallest absolute Gasteiger partial charge is 0.161 e. The molecule has 1 aliphatic heterocycles. The number of benzene rings is 2. The lowest BCUT2D eigenvalue weighted by Crippen LogP contribution is -2.07. The lowest BCUT2D eigenvalue weighted by molar-refractivity contribution is 0.396. The molecule has 0 radical (unpaired) electrons. The van der Waals surface area contributed by atoms with Crippen molar-refractivity contribution in [2.24, 2.45) is 0 Å². The van der Waals surface area contributed by atoms with Gasteiger partial charge in [0.15, 0.2) is 11.6 Å². The summed E-state index contributed by atoms with van der Waals surface area (Å²) in [6, 6.07) is 9.22. The van der Waals surface area contributed by atoms with Crippen LogP contribution in [0, 0.1) is 17.5 Å². The predicted octanol–water partition coefficient (Wildman–Crippen LogP) is 4.14. The number of hydrogen-bond acceptors (Lipinski definition) is 1. The molecule has 1 aliphatic carbocycles. The molecule has 1 unspecified atom stereocenters. The molecular formula is C17H11F3O. The van der Waals surface area contributed by atoms with Gasteiger partial charge in [0.05, 0.1) is 12.7 Å². The zero-order valence-electron chi connectivity index (χ0n) is 10.9. The van der Waals surface area contributed by atoms with Crippen LogP contribution in [0.15, 0.2) is 36.4 Å². The second-order valence-corrected chi connectivity index (χ2v) is 5.32. The second kappa shape index (κ2) is 4.46. The van der Waals surface area contributed by atoms with Gasteiger partial charge in [-0.25, -0.2) is 13.2 Å². The summed E-state index contributed by atoms with van der Waals surface area (Å²) in [6.07, 6.45) is 1.81. The molecule has 0 aromatic heterocycles. The van der Waals surface area contributed by atoms with Crippen LogP contribution in [-0.2, 0) is 4.74 Å². The molecule has 4 rings (SSSR count). The van der Waals surface area contributed by atoms with E-state index in [-0.39, 0.29) is 17.6 Å². The van der Waals surface area contributed by atoms with Crippen molar-refractivity contribution in [1.29, 1.82) is 0 Å². The Labute approximate surface area is 119 Å². The van der Waals surface area contributed by atoms with E-state index >= 15 is 0 Å². The van der Waals surface area contributed by atoms with Crippen LogP contribution in [0.1, 0.15) is 22.6 Å². The van der Waals surface area contributed by atoms with Crippen LogP contribution in [0.3, 0.4) is 0 Å². The average Bonchev–Trinajstić information content (AvgIpc) is 3.23. The number of fused-ring (bicyclic) bond motifs is 1. The van der Waals surface area contributed by atoms with E-state index in [9.17, 15) is 13.2 Å². The van der Waals surface area contributed by atoms with Crippen LogP contribution in [-0.4, -0.2) is 12.7 Å². The first kappa shape index (κ1) is 12.7. The molecule has 2 aromatic rings. The van der Waals surface area contributed by atoms with E-state index in [1.807, 2.05) is 30.3 Å². The van der Waals surface area contributed by atoms with Gasteiger partial charge in [0.2, 0.25) is 0 Å². The van der Waals surface area contributed by atoms with E-state index in [4.69, 9.17) is 4.74 Å². The number of epoxide rings is 1. The minimum Gasteiger partial charge on any atom is -0.372 e. The lowest BCUT2D eigenvalue weighted by atomic mass is 9.88. The van der Waals surface area contributed by atoms with Crippen molar-refractivity contribution in [3.8, 4) is 0 Å². The first-order chi connectivity index (χ1) is 10.1. The van der Waals surface area contributed by atoms with Crippen LogP contribution in [0.25, 0.3) is 11.6 Å². The molecule has 1 fully saturated rings. The van der Waals surface area contributed by atoms with E-state index in [1.54, 1.807) is 0 Å². The van der Waals surface area contributed by atoms with Gasteiger partial charge >= 0.3 is 0 Å². The van der Waals surface area contributed by atoms with Crippen molar-refractivity contribution in [3.63, 3.8) is 0 Å². The Balaban J connectivity index is 1.87. The third kappa shape index (κ3) is 1.98. The number of hydrogen-bond donors (Lipinski definition) is 0. The highest BCUT2D eigenvalue weighted by molar-refractivity contribution is 5.92. The van der Waals surface area contributed by atoms with E-state index in [0.717, 1.165) is 17.2 Å². The molecule has 0 saturated carbocycles. The molecule has 21 heavy (non-hydrogen) atoms. The van der Waals surface area contributed by atoms with Crippen molar-refractivity contribution < 1.29 is 17.9 Å². The molecule has 0 N–H and O–H groups in total. The summed E-state index contributed by atoms with van der Waals surface area (Å²) in [7, 11) is 0. The zero-order valence-corrected chi connectivity index (χ0v) is 10.9. The molecule has 106 valence electrons. The monoisotopic (exact) mass is 288 g/mol. The van der Waals surface area contributed by atoms with E-state index in [2.05, 4.69) is 0 Å². The zero-order chi connectivity index (χ0) is 14.6. The Morgan fingerprint density at radius 2 is 1.67 bits per heavy atom. The molecule has 2 aromatic carbocycles. The van der Waals surface area contributed by atoms with E-state index < -0.39 is 17.5 Å². The van der Waals surface area contributed by atoms with Gasteiger partial charge in [-0.1, -0.05) is 30.3 Å². The lowest BCUT2D eigenvalue weighted by Gasteiger charge is -2.15. The fourth-order valence-corrected chi connectivity index (χ4v) is 2.99. The van der Waals surface area contributed by atoms with Gasteiger partial charge < -0.3 is 4.74 Å². The summed E-state index contributed by atoms with van der Waals surface area (Å²) in [5.41, 5.74) is 2.76. The molecule has 2 atom stereocenters. The maximum Gasteiger partial charge on any atom is 0.161 e. The third-order valence-electron chi connectivity index (χ3n) is 4.03. The van der Waals surface area contributed by atoms with Gasteiger partial charge in [-0.15, -0.1) is 0 Å². The normalized spacial score (nSPS) is 22.9. The second-order valence-electron chi connectivity index (χ2n) is 5.32. The SMILES string of the molecule is Fc1cc(F)c(C2=Cc3ccccc3C2[C@H]2CO2)cc1F. The summed E-state index contributed by atoms with van der Waals surface area (Å²) in [5.74, 6) is -3.09. The summed E-state index contributed by atoms with van der Waals surface area (Å²) in [4.78, 5) is 0. The highest BCUT2D eigenvalue weighted by atomic mass is 19.2. The topological polar surface area (TPSA) is 12.5 Å². The molecule has 4 heteroatoms. The van der Waals surface area contributed by atoms with Crippen LogP contribution >= 0.6 is 0 Å². The van der Waals surface area contributed by atoms with Gasteiger partial charge in [0.25, 0.3) is 0 Å². The molecule has 0 bridgehead atoms. The molecular weight excluding hydrogens is 277 g/mol. The van der Waals surface area contributed by atoms with Crippen molar-refractivity contribution in [3.05, 3.63) is 70.5 Å². The van der Waals surface area contributed by atoms with Crippen LogP contribution in [0.2, 0.25) is 0 Å². The summed E-state index contributed by atoms with van der Waals surface area (Å²) in [5, 5.41) is 0. The maximum absolute atomic E-state index is 14.1. The fraction of sp³-hybridized carbons (Fsp3) is 0.176. The minimum atomic E-state index is -1.17. The van der Waals surface area contributed by atoms with Gasteiger partial charge in [-0.05, 0) is 22.8 Å². The molecule has 1 nitrogen and oxygen atoms in total. The first-order valence-corrected chi connectivity index (χ1v) is 6.72. The molecule has 0 spiro atoms. The molecule has 2 aliphatic rings. The van der Waals surface area contributed by atoms with Gasteiger partial charge in [0.1, 0.15) is 5.82 Å². The van der Waals surface area contributed by atoms with E-state index in [1.165, 1.54) is 0 Å². The van der Waals surface area contributed by atoms with Gasteiger partial charge in [0, 0.05) is 17.5 Å². The Hall–Kier alpha value is -2.07. The van der Waals surface area contributed by atoms with Crippen molar-refractivity contribution in [2.75, 3.05) is 6.61 Å². The quantitative estimate of drug-likeness (QED) is 0.597. The third-order valence-corrected chi connectivity index (χ3v) is 4.03. The van der Waals surface area contributed by atoms with Crippen molar-refractivity contribution in [2.45, 2.75) is 12.0 Å². The molecule has 1 saturated heterocycles. The fourth-order valence-electron chi connectivity index (χ4n) is 2.99. The van der Waals surface area contributed by atoms with Crippen LogP contribution < -0.4 is 0 Å². The predicted molar refractivity (Wildman–Crippen MR) is 73.1 cm³/mol. The van der Waals surface area contributed by atoms with Gasteiger partial charge in [-0.3, -0.25) is 0 Å². The Kier molecular flexibility index (Phi) is 2.69. The summed E-state index contributed by atoms with van der Waals surface area (Å²) in [6.45, 7) is 0.599. The van der Waals surface area contributed by atoms with Crippen molar-refractivity contribution in [1.82, 2.24) is 0 Å². The maximum atomic E-state index is 14.1. The number of halogens is 3. The van der Waals surface area contributed by atoms with Gasteiger partial charge in [-0.2, -0.15) is 0 Å². The van der Waals surface area contributed by atoms with E-state index in [0.29, 0.717) is 18.2 Å². The van der Waals surface area contributed by atoms with Crippen molar-refractivity contribution >= 4 is 11.6 Å².